The van der Waals surface area contributed by atoms with Crippen molar-refractivity contribution in [2.45, 2.75) is 0 Å². The summed E-state index contributed by atoms with van der Waals surface area (Å²) in [6, 6.07) is 7.50. The first kappa shape index (κ1) is 12.8. The molecule has 0 aliphatic rings. The summed E-state index contributed by atoms with van der Waals surface area (Å²) in [4.78, 5) is 11.1. The average molecular weight is 263 g/mol. The highest BCUT2D eigenvalue weighted by atomic mass is 19.1. The molecule has 2 aromatic carbocycles. The zero-order valence-electron chi connectivity index (χ0n) is 9.78. The van der Waals surface area contributed by atoms with E-state index in [1.54, 1.807) is 6.07 Å². The van der Waals surface area contributed by atoms with E-state index in [0.717, 1.165) is 18.2 Å². The van der Waals surface area contributed by atoms with Gasteiger partial charge in [0.2, 0.25) is 0 Å². The van der Waals surface area contributed by atoms with Crippen LogP contribution in [0.1, 0.15) is 10.4 Å². The van der Waals surface area contributed by atoms with Gasteiger partial charge in [-0.15, -0.1) is 0 Å². The van der Waals surface area contributed by atoms with Gasteiger partial charge in [-0.1, -0.05) is 0 Å². The van der Waals surface area contributed by atoms with Crippen molar-refractivity contribution in [3.8, 4) is 0 Å². The fourth-order valence-electron chi connectivity index (χ4n) is 1.64. The third-order valence-corrected chi connectivity index (χ3v) is 2.47. The van der Waals surface area contributed by atoms with E-state index in [4.69, 9.17) is 11.5 Å². The summed E-state index contributed by atoms with van der Waals surface area (Å²) >= 11 is 0. The minimum absolute atomic E-state index is 0.141. The van der Waals surface area contributed by atoms with Crippen LogP contribution in [0.2, 0.25) is 0 Å². The fraction of sp³-hybridized carbons (Fsp3) is 0. The van der Waals surface area contributed by atoms with Crippen LogP contribution in [-0.4, -0.2) is 5.91 Å². The lowest BCUT2D eigenvalue weighted by molar-refractivity contribution is 0.100. The molecule has 4 nitrogen and oxygen atoms in total. The molecular formula is C13H11F2N3O. The molecule has 0 aliphatic heterocycles. The number of nitrogens with two attached hydrogens (primary N) is 2. The number of halogens is 2. The molecule has 5 N–H and O–H groups in total. The molecule has 0 saturated carbocycles. The molecule has 0 unspecified atom stereocenters. The highest BCUT2D eigenvalue weighted by molar-refractivity contribution is 5.99. The van der Waals surface area contributed by atoms with Crippen molar-refractivity contribution in [2.24, 2.45) is 5.73 Å². The molecule has 2 rings (SSSR count). The molecule has 1 amide bonds. The Bertz CT molecular complexity index is 624. The molecule has 2 aromatic rings. The number of rotatable bonds is 3. The SMILES string of the molecule is NC(=O)c1cc(Nc2cc(F)cc(F)c2)ccc1N. The van der Waals surface area contributed by atoms with Crippen LogP contribution in [-0.2, 0) is 0 Å². The van der Waals surface area contributed by atoms with E-state index in [-0.39, 0.29) is 16.9 Å². The molecule has 0 spiro atoms. The van der Waals surface area contributed by atoms with E-state index in [0.29, 0.717) is 5.69 Å². The number of primary amides is 1. The predicted molar refractivity (Wildman–Crippen MR) is 69.0 cm³/mol. The van der Waals surface area contributed by atoms with Gasteiger partial charge in [0.05, 0.1) is 5.56 Å². The van der Waals surface area contributed by atoms with Crippen molar-refractivity contribution in [3.63, 3.8) is 0 Å². The van der Waals surface area contributed by atoms with Crippen molar-refractivity contribution in [2.75, 3.05) is 11.1 Å². The van der Waals surface area contributed by atoms with E-state index in [9.17, 15) is 13.6 Å². The van der Waals surface area contributed by atoms with Gasteiger partial charge in [0.15, 0.2) is 0 Å². The second kappa shape index (κ2) is 4.93. The van der Waals surface area contributed by atoms with Crippen LogP contribution in [0, 0.1) is 11.6 Å². The van der Waals surface area contributed by atoms with Crippen molar-refractivity contribution >= 4 is 23.0 Å². The zero-order valence-corrected chi connectivity index (χ0v) is 9.78. The van der Waals surface area contributed by atoms with Crippen molar-refractivity contribution in [1.29, 1.82) is 0 Å². The number of benzene rings is 2. The van der Waals surface area contributed by atoms with Gasteiger partial charge in [-0.25, -0.2) is 8.78 Å². The third kappa shape index (κ3) is 2.98. The lowest BCUT2D eigenvalue weighted by Gasteiger charge is -2.09. The molecule has 0 aliphatic carbocycles. The van der Waals surface area contributed by atoms with Crippen LogP contribution in [0.4, 0.5) is 25.8 Å². The summed E-state index contributed by atoms with van der Waals surface area (Å²) in [5.41, 5.74) is 11.8. The van der Waals surface area contributed by atoms with Gasteiger partial charge < -0.3 is 16.8 Å². The fourth-order valence-corrected chi connectivity index (χ4v) is 1.64. The predicted octanol–water partition coefficient (Wildman–Crippen LogP) is 2.39. The minimum Gasteiger partial charge on any atom is -0.398 e. The maximum atomic E-state index is 13.0. The Morgan fingerprint density at radius 1 is 1.00 bits per heavy atom. The Morgan fingerprint density at radius 2 is 1.63 bits per heavy atom. The Kier molecular flexibility index (Phi) is 3.33. The number of anilines is 3. The van der Waals surface area contributed by atoms with E-state index in [2.05, 4.69) is 5.32 Å². The lowest BCUT2D eigenvalue weighted by atomic mass is 10.1. The van der Waals surface area contributed by atoms with Crippen molar-refractivity contribution in [3.05, 3.63) is 53.6 Å². The smallest absolute Gasteiger partial charge is 0.250 e. The summed E-state index contributed by atoms with van der Waals surface area (Å²) in [5, 5.41) is 2.76. The van der Waals surface area contributed by atoms with Crippen molar-refractivity contribution in [1.82, 2.24) is 0 Å². The normalized spacial score (nSPS) is 10.2. The third-order valence-electron chi connectivity index (χ3n) is 2.47. The van der Waals surface area contributed by atoms with Crippen LogP contribution < -0.4 is 16.8 Å². The lowest BCUT2D eigenvalue weighted by Crippen LogP contribution is -2.13. The van der Waals surface area contributed by atoms with Gasteiger partial charge in [-0.2, -0.15) is 0 Å². The number of nitrogens with one attached hydrogen (secondary N) is 1. The topological polar surface area (TPSA) is 81.1 Å². The largest absolute Gasteiger partial charge is 0.398 e. The molecule has 19 heavy (non-hydrogen) atoms. The van der Waals surface area contributed by atoms with Gasteiger partial charge in [0.1, 0.15) is 11.6 Å². The van der Waals surface area contributed by atoms with E-state index < -0.39 is 17.5 Å². The van der Waals surface area contributed by atoms with Crippen LogP contribution in [0.5, 0.6) is 0 Å². The molecule has 6 heteroatoms. The van der Waals surface area contributed by atoms with E-state index in [1.807, 2.05) is 0 Å². The molecule has 0 saturated heterocycles. The first-order valence-electron chi connectivity index (χ1n) is 5.38. The number of amides is 1. The van der Waals surface area contributed by atoms with E-state index in [1.165, 1.54) is 12.1 Å². The molecule has 0 bridgehead atoms. The first-order chi connectivity index (χ1) is 8.95. The number of carbonyl (C=O) groups excluding carboxylic acids is 1. The van der Waals surface area contributed by atoms with Gasteiger partial charge in [0, 0.05) is 23.1 Å². The van der Waals surface area contributed by atoms with Gasteiger partial charge in [-0.05, 0) is 30.3 Å². The summed E-state index contributed by atoms with van der Waals surface area (Å²) < 4.78 is 26.1. The molecule has 0 radical (unpaired) electrons. The van der Waals surface area contributed by atoms with Crippen LogP contribution >= 0.6 is 0 Å². The number of carbonyl (C=O) groups is 1. The van der Waals surface area contributed by atoms with Crippen LogP contribution in [0.15, 0.2) is 36.4 Å². The quantitative estimate of drug-likeness (QED) is 0.744. The monoisotopic (exact) mass is 263 g/mol. The number of hydrogen-bond donors (Lipinski definition) is 3. The molecule has 0 atom stereocenters. The van der Waals surface area contributed by atoms with Crippen molar-refractivity contribution < 1.29 is 13.6 Å². The second-order valence-electron chi connectivity index (χ2n) is 3.95. The van der Waals surface area contributed by atoms with E-state index >= 15 is 0 Å². The highest BCUT2D eigenvalue weighted by Gasteiger charge is 2.07. The van der Waals surface area contributed by atoms with Crippen LogP contribution in [0.3, 0.4) is 0 Å². The molecule has 98 valence electrons. The summed E-state index contributed by atoms with van der Waals surface area (Å²) in [6.07, 6.45) is 0. The molecule has 0 heterocycles. The Hall–Kier alpha value is -2.63. The summed E-state index contributed by atoms with van der Waals surface area (Å²) in [7, 11) is 0. The molecular weight excluding hydrogens is 252 g/mol. The Labute approximate surface area is 108 Å². The highest BCUT2D eigenvalue weighted by Crippen LogP contribution is 2.22. The summed E-state index contributed by atoms with van der Waals surface area (Å²) in [5.74, 6) is -2.08. The molecule has 0 aromatic heterocycles. The van der Waals surface area contributed by atoms with Crippen LogP contribution in [0.25, 0.3) is 0 Å². The minimum atomic E-state index is -0.701. The summed E-state index contributed by atoms with van der Waals surface area (Å²) in [6.45, 7) is 0. The molecule has 0 fully saturated rings. The second-order valence-corrected chi connectivity index (χ2v) is 3.95. The van der Waals surface area contributed by atoms with Gasteiger partial charge in [-0.3, -0.25) is 4.79 Å². The van der Waals surface area contributed by atoms with Gasteiger partial charge >= 0.3 is 0 Å². The average Bonchev–Trinajstić information content (AvgIpc) is 2.30. The maximum Gasteiger partial charge on any atom is 0.250 e. The maximum absolute atomic E-state index is 13.0. The number of hydrogen-bond acceptors (Lipinski definition) is 3. The zero-order chi connectivity index (χ0) is 14.0. The van der Waals surface area contributed by atoms with Gasteiger partial charge in [0.25, 0.3) is 5.91 Å². The standard InChI is InChI=1S/C13H11F2N3O/c14-7-3-8(15)5-10(4-7)18-9-1-2-12(16)11(6-9)13(17)19/h1-6,18H,16H2,(H2,17,19). The first-order valence-corrected chi connectivity index (χ1v) is 5.38. The number of nitrogen functional groups attached to an aromatic ring is 1. The Balaban J connectivity index is 2.33. The Morgan fingerprint density at radius 3 is 2.21 bits per heavy atom.